The minimum absolute atomic E-state index is 0.0103. The number of hydrogen-bond donors (Lipinski definition) is 2. The molecule has 0 aliphatic heterocycles. The maximum absolute atomic E-state index is 12.8. The predicted octanol–water partition coefficient (Wildman–Crippen LogP) is 3.30. The van der Waals surface area contributed by atoms with Gasteiger partial charge in [-0.15, -0.1) is 0 Å². The molecule has 0 amide bonds. The van der Waals surface area contributed by atoms with Gasteiger partial charge in [0.2, 0.25) is 5.56 Å². The van der Waals surface area contributed by atoms with Gasteiger partial charge in [-0.25, -0.2) is 8.42 Å². The molecule has 0 saturated carbocycles. The van der Waals surface area contributed by atoms with Crippen LogP contribution < -0.4 is 15.0 Å². The molecule has 1 heterocycles. The van der Waals surface area contributed by atoms with Crippen molar-refractivity contribution >= 4 is 38.2 Å². The van der Waals surface area contributed by atoms with E-state index < -0.39 is 10.0 Å². The van der Waals surface area contributed by atoms with Crippen LogP contribution in [0.4, 0.5) is 5.69 Å². The van der Waals surface area contributed by atoms with Gasteiger partial charge in [0.1, 0.15) is 10.6 Å². The number of aromatic amines is 1. The predicted molar refractivity (Wildman–Crippen MR) is 98.1 cm³/mol. The molecule has 0 saturated heterocycles. The number of fused-ring (bicyclic) bond motifs is 1. The van der Waals surface area contributed by atoms with E-state index in [-0.39, 0.29) is 15.5 Å². The zero-order chi connectivity index (χ0) is 18.2. The van der Waals surface area contributed by atoms with Crippen molar-refractivity contribution in [2.45, 2.75) is 11.8 Å². The van der Waals surface area contributed by atoms with Gasteiger partial charge >= 0.3 is 0 Å². The van der Waals surface area contributed by atoms with Gasteiger partial charge in [-0.3, -0.25) is 9.52 Å². The van der Waals surface area contributed by atoms with Crippen molar-refractivity contribution in [1.82, 2.24) is 4.98 Å². The number of ether oxygens (including phenoxy) is 1. The molecule has 0 bridgehead atoms. The molecule has 0 fully saturated rings. The smallest absolute Gasteiger partial charge is 0.263 e. The van der Waals surface area contributed by atoms with Gasteiger partial charge < -0.3 is 9.72 Å². The molecule has 2 aromatic carbocycles. The first-order valence-corrected chi connectivity index (χ1v) is 9.17. The van der Waals surface area contributed by atoms with Crippen LogP contribution in [0.2, 0.25) is 5.02 Å². The molecule has 25 heavy (non-hydrogen) atoms. The maximum Gasteiger partial charge on any atom is 0.263 e. The fourth-order valence-electron chi connectivity index (χ4n) is 2.56. The summed E-state index contributed by atoms with van der Waals surface area (Å²) in [6, 6.07) is 10.9. The van der Waals surface area contributed by atoms with Crippen molar-refractivity contribution in [2.24, 2.45) is 0 Å². The van der Waals surface area contributed by atoms with E-state index in [1.165, 1.54) is 25.3 Å². The highest BCUT2D eigenvalue weighted by atomic mass is 35.5. The first-order valence-electron chi connectivity index (χ1n) is 7.31. The lowest BCUT2D eigenvalue weighted by molar-refractivity contribution is 0.417. The Kier molecular flexibility index (Phi) is 4.45. The Hall–Kier alpha value is -2.51. The summed E-state index contributed by atoms with van der Waals surface area (Å²) in [5.41, 5.74) is 1.17. The summed E-state index contributed by atoms with van der Waals surface area (Å²) >= 11 is 6.16. The van der Waals surface area contributed by atoms with Crippen LogP contribution in [0.3, 0.4) is 0 Å². The van der Waals surface area contributed by atoms with E-state index in [1.807, 2.05) is 0 Å². The Bertz CT molecular complexity index is 1120. The van der Waals surface area contributed by atoms with E-state index in [2.05, 4.69) is 9.71 Å². The molecule has 130 valence electrons. The standard InChI is InChI=1S/C17H15ClN2O4S/c1-10-7-17(21)19-14-9-12(18)16(8-11(10)14)25(22,23)20-13-5-3-4-6-15(13)24-2/h3-9,20H,1-2H3,(H,19,21). The first-order chi connectivity index (χ1) is 11.8. The number of methoxy groups -OCH3 is 1. The van der Waals surface area contributed by atoms with Crippen LogP contribution in [0.1, 0.15) is 5.56 Å². The molecule has 2 N–H and O–H groups in total. The normalized spacial score (nSPS) is 11.5. The Balaban J connectivity index is 2.14. The van der Waals surface area contributed by atoms with Crippen LogP contribution >= 0.6 is 11.6 Å². The number of nitrogens with one attached hydrogen (secondary N) is 2. The Labute approximate surface area is 149 Å². The van der Waals surface area contributed by atoms with E-state index in [4.69, 9.17) is 16.3 Å². The number of aromatic nitrogens is 1. The summed E-state index contributed by atoms with van der Waals surface area (Å²) in [6.45, 7) is 1.73. The molecule has 0 aliphatic rings. The number of hydrogen-bond acceptors (Lipinski definition) is 4. The van der Waals surface area contributed by atoms with Crippen LogP contribution in [0.5, 0.6) is 5.75 Å². The summed E-state index contributed by atoms with van der Waals surface area (Å²) in [5, 5.41) is 0.612. The van der Waals surface area contributed by atoms with Crippen molar-refractivity contribution in [2.75, 3.05) is 11.8 Å². The molecular formula is C17H15ClN2O4S. The Morgan fingerprint density at radius 2 is 1.88 bits per heavy atom. The van der Waals surface area contributed by atoms with Crippen LogP contribution in [-0.2, 0) is 10.0 Å². The second-order valence-corrected chi connectivity index (χ2v) is 7.51. The fraction of sp³-hybridized carbons (Fsp3) is 0.118. The quantitative estimate of drug-likeness (QED) is 0.729. The van der Waals surface area contributed by atoms with Gasteiger partial charge in [0.15, 0.2) is 0 Å². The topological polar surface area (TPSA) is 88.3 Å². The molecule has 3 aromatic rings. The number of anilines is 1. The van der Waals surface area contributed by atoms with Crippen LogP contribution in [0.15, 0.2) is 52.2 Å². The van der Waals surface area contributed by atoms with Crippen molar-refractivity contribution in [1.29, 1.82) is 0 Å². The lowest BCUT2D eigenvalue weighted by atomic mass is 10.1. The number of pyridine rings is 1. The highest BCUT2D eigenvalue weighted by Crippen LogP contribution is 2.31. The SMILES string of the molecule is COc1ccccc1NS(=O)(=O)c1cc2c(C)cc(=O)[nH]c2cc1Cl. The number of H-pyrrole nitrogens is 1. The van der Waals surface area contributed by atoms with Gasteiger partial charge in [0.25, 0.3) is 10.0 Å². The van der Waals surface area contributed by atoms with Crippen molar-refractivity contribution in [3.05, 3.63) is 63.4 Å². The monoisotopic (exact) mass is 378 g/mol. The Morgan fingerprint density at radius 3 is 2.60 bits per heavy atom. The minimum atomic E-state index is -3.95. The second-order valence-electron chi connectivity index (χ2n) is 5.45. The molecule has 0 atom stereocenters. The van der Waals surface area contributed by atoms with Gasteiger partial charge in [-0.2, -0.15) is 0 Å². The van der Waals surface area contributed by atoms with Crippen LogP contribution in [0, 0.1) is 6.92 Å². The Morgan fingerprint density at radius 1 is 1.16 bits per heavy atom. The van der Waals surface area contributed by atoms with Crippen molar-refractivity contribution < 1.29 is 13.2 Å². The van der Waals surface area contributed by atoms with Crippen LogP contribution in [0.25, 0.3) is 10.9 Å². The van der Waals surface area contributed by atoms with E-state index in [1.54, 1.807) is 31.2 Å². The third kappa shape index (κ3) is 3.33. The zero-order valence-corrected chi connectivity index (χ0v) is 15.0. The molecule has 3 rings (SSSR count). The number of sulfonamides is 1. The summed E-state index contributed by atoms with van der Waals surface area (Å²) < 4.78 is 33.2. The van der Waals surface area contributed by atoms with E-state index >= 15 is 0 Å². The van der Waals surface area contributed by atoms with E-state index in [9.17, 15) is 13.2 Å². The minimum Gasteiger partial charge on any atom is -0.495 e. The molecule has 0 spiro atoms. The second kappa shape index (κ2) is 6.42. The van der Waals surface area contributed by atoms with Crippen LogP contribution in [-0.4, -0.2) is 20.5 Å². The van der Waals surface area contributed by atoms with Gasteiger partial charge in [-0.05, 0) is 36.8 Å². The first kappa shape index (κ1) is 17.3. The summed E-state index contributed by atoms with van der Waals surface area (Å²) in [4.78, 5) is 14.1. The zero-order valence-electron chi connectivity index (χ0n) is 13.5. The molecule has 0 radical (unpaired) electrons. The van der Waals surface area contributed by atoms with Gasteiger partial charge in [0, 0.05) is 11.5 Å². The molecular weight excluding hydrogens is 364 g/mol. The number of rotatable bonds is 4. The van der Waals surface area contributed by atoms with Crippen molar-refractivity contribution in [3.8, 4) is 5.75 Å². The summed E-state index contributed by atoms with van der Waals surface area (Å²) in [7, 11) is -2.49. The third-order valence-electron chi connectivity index (χ3n) is 3.74. The van der Waals surface area contributed by atoms with E-state index in [0.29, 0.717) is 27.9 Å². The third-order valence-corrected chi connectivity index (χ3v) is 5.57. The van der Waals surface area contributed by atoms with Gasteiger partial charge in [0.05, 0.1) is 23.3 Å². The molecule has 8 heteroatoms. The maximum atomic E-state index is 12.8. The molecule has 0 aliphatic carbocycles. The van der Waals surface area contributed by atoms with Gasteiger partial charge in [-0.1, -0.05) is 23.7 Å². The highest BCUT2D eigenvalue weighted by molar-refractivity contribution is 7.92. The fourth-order valence-corrected chi connectivity index (χ4v) is 4.19. The lowest BCUT2D eigenvalue weighted by Gasteiger charge is -2.13. The number of aryl methyl sites for hydroxylation is 1. The number of halogens is 1. The number of benzene rings is 2. The number of para-hydroxylation sites is 2. The highest BCUT2D eigenvalue weighted by Gasteiger charge is 2.21. The lowest BCUT2D eigenvalue weighted by Crippen LogP contribution is -2.14. The summed E-state index contributed by atoms with van der Waals surface area (Å²) in [5.74, 6) is 0.392. The average molecular weight is 379 g/mol. The van der Waals surface area contributed by atoms with Crippen molar-refractivity contribution in [3.63, 3.8) is 0 Å². The average Bonchev–Trinajstić information content (AvgIpc) is 2.54. The molecule has 1 aromatic heterocycles. The largest absolute Gasteiger partial charge is 0.495 e. The molecule has 6 nitrogen and oxygen atoms in total. The summed E-state index contributed by atoms with van der Waals surface area (Å²) in [6.07, 6.45) is 0. The van der Waals surface area contributed by atoms with E-state index in [0.717, 1.165) is 0 Å². The molecule has 0 unspecified atom stereocenters.